The average Bonchev–Trinajstić information content (AvgIpc) is 2.10. The molecule has 0 spiro atoms. The molecule has 0 aliphatic carbocycles. The number of rotatable bonds is 3. The van der Waals surface area contributed by atoms with Crippen molar-refractivity contribution in [3.05, 3.63) is 34.1 Å². The Labute approximate surface area is 84.1 Å². The van der Waals surface area contributed by atoms with Gasteiger partial charge < -0.3 is 5.73 Å². The maximum atomic E-state index is 12.9. The van der Waals surface area contributed by atoms with E-state index in [-0.39, 0.29) is 23.2 Å². The van der Waals surface area contributed by atoms with Gasteiger partial charge in [-0.3, -0.25) is 4.79 Å². The number of ketones is 1. The zero-order valence-corrected chi connectivity index (χ0v) is 8.47. The molecule has 1 aromatic rings. The first-order chi connectivity index (χ1) is 6.16. The molecule has 0 aromatic heterocycles. The molecule has 70 valence electrons. The van der Waals surface area contributed by atoms with Gasteiger partial charge in [0, 0.05) is 12.0 Å². The lowest BCUT2D eigenvalue weighted by Gasteiger charge is -2.02. The van der Waals surface area contributed by atoms with Gasteiger partial charge in [-0.1, -0.05) is 12.1 Å². The number of hydrogen-bond acceptors (Lipinski definition) is 2. The molecule has 1 rings (SSSR count). The fourth-order valence-electron chi connectivity index (χ4n) is 0.985. The Morgan fingerprint density at radius 1 is 1.54 bits per heavy atom. The van der Waals surface area contributed by atoms with Crippen molar-refractivity contribution in [3.8, 4) is 0 Å². The average molecular weight is 246 g/mol. The van der Waals surface area contributed by atoms with Crippen LogP contribution in [0.1, 0.15) is 16.8 Å². The van der Waals surface area contributed by atoms with Crippen LogP contribution in [0.2, 0.25) is 0 Å². The predicted octanol–water partition coefficient (Wildman–Crippen LogP) is 2.12. The lowest BCUT2D eigenvalue weighted by molar-refractivity contribution is 0.0984. The van der Waals surface area contributed by atoms with Gasteiger partial charge in [0.25, 0.3) is 0 Å². The number of halogens is 2. The van der Waals surface area contributed by atoms with E-state index in [2.05, 4.69) is 15.9 Å². The molecule has 0 aliphatic heterocycles. The summed E-state index contributed by atoms with van der Waals surface area (Å²) in [4.78, 5) is 11.3. The molecule has 2 N–H and O–H groups in total. The zero-order valence-electron chi connectivity index (χ0n) is 6.89. The Morgan fingerprint density at radius 3 is 2.85 bits per heavy atom. The Hall–Kier alpha value is -0.740. The first-order valence-electron chi connectivity index (χ1n) is 3.84. The third-order valence-corrected chi connectivity index (χ3v) is 2.43. The fourth-order valence-corrected chi connectivity index (χ4v) is 1.47. The third kappa shape index (κ3) is 2.35. The summed E-state index contributed by atoms with van der Waals surface area (Å²) in [6.45, 7) is 0.280. The summed E-state index contributed by atoms with van der Waals surface area (Å²) in [7, 11) is 0. The van der Waals surface area contributed by atoms with Crippen molar-refractivity contribution in [2.45, 2.75) is 6.42 Å². The van der Waals surface area contributed by atoms with Crippen LogP contribution in [0.3, 0.4) is 0 Å². The highest BCUT2D eigenvalue weighted by Gasteiger charge is 2.11. The van der Waals surface area contributed by atoms with Crippen LogP contribution in [-0.4, -0.2) is 12.3 Å². The molecular weight excluding hydrogens is 237 g/mol. The molecule has 0 heterocycles. The minimum Gasteiger partial charge on any atom is -0.330 e. The molecule has 0 fully saturated rings. The van der Waals surface area contributed by atoms with Gasteiger partial charge in [0.1, 0.15) is 5.82 Å². The molecule has 0 radical (unpaired) electrons. The second-order valence-corrected chi connectivity index (χ2v) is 3.36. The number of hydrogen-bond donors (Lipinski definition) is 1. The minimum atomic E-state index is -0.428. The van der Waals surface area contributed by atoms with Crippen LogP contribution in [-0.2, 0) is 0 Å². The fraction of sp³-hybridized carbons (Fsp3) is 0.222. The lowest BCUT2D eigenvalue weighted by Crippen LogP contribution is -2.09. The van der Waals surface area contributed by atoms with Crippen molar-refractivity contribution in [1.82, 2.24) is 0 Å². The normalized spacial score (nSPS) is 10.1. The highest BCUT2D eigenvalue weighted by atomic mass is 79.9. The molecule has 0 amide bonds. The Bertz CT molecular complexity index is 327. The Kier molecular flexibility index (Phi) is 3.57. The van der Waals surface area contributed by atoms with Crippen LogP contribution in [0.5, 0.6) is 0 Å². The predicted molar refractivity (Wildman–Crippen MR) is 52.1 cm³/mol. The molecule has 1 aromatic carbocycles. The first kappa shape index (κ1) is 10.3. The van der Waals surface area contributed by atoms with Crippen molar-refractivity contribution in [2.75, 3.05) is 6.54 Å². The molecule has 13 heavy (non-hydrogen) atoms. The monoisotopic (exact) mass is 245 g/mol. The van der Waals surface area contributed by atoms with Gasteiger partial charge in [0.05, 0.1) is 4.47 Å². The summed E-state index contributed by atoms with van der Waals surface area (Å²) in [5.41, 5.74) is 5.58. The summed E-state index contributed by atoms with van der Waals surface area (Å²) in [5, 5.41) is 0. The van der Waals surface area contributed by atoms with Crippen LogP contribution < -0.4 is 5.73 Å². The van der Waals surface area contributed by atoms with Crippen LogP contribution in [0.25, 0.3) is 0 Å². The van der Waals surface area contributed by atoms with E-state index in [0.717, 1.165) is 0 Å². The van der Waals surface area contributed by atoms with Gasteiger partial charge in [-0.05, 0) is 28.5 Å². The lowest BCUT2D eigenvalue weighted by atomic mass is 10.1. The van der Waals surface area contributed by atoms with Crippen LogP contribution >= 0.6 is 15.9 Å². The van der Waals surface area contributed by atoms with Gasteiger partial charge in [-0.15, -0.1) is 0 Å². The molecule has 0 aliphatic rings. The number of benzene rings is 1. The van der Waals surface area contributed by atoms with Crippen molar-refractivity contribution < 1.29 is 9.18 Å². The van der Waals surface area contributed by atoms with Crippen molar-refractivity contribution >= 4 is 21.7 Å². The summed E-state index contributed by atoms with van der Waals surface area (Å²) >= 11 is 3.01. The molecule has 2 nitrogen and oxygen atoms in total. The molecule has 0 atom stereocenters. The van der Waals surface area contributed by atoms with E-state index in [1.165, 1.54) is 12.1 Å². The van der Waals surface area contributed by atoms with Gasteiger partial charge in [-0.2, -0.15) is 0 Å². The maximum Gasteiger partial charge on any atom is 0.165 e. The van der Waals surface area contributed by atoms with E-state index in [9.17, 15) is 9.18 Å². The highest BCUT2D eigenvalue weighted by molar-refractivity contribution is 9.10. The van der Waals surface area contributed by atoms with Crippen molar-refractivity contribution in [3.63, 3.8) is 0 Å². The van der Waals surface area contributed by atoms with Crippen LogP contribution in [0, 0.1) is 5.82 Å². The van der Waals surface area contributed by atoms with Gasteiger partial charge in [-0.25, -0.2) is 4.39 Å². The topological polar surface area (TPSA) is 43.1 Å². The summed E-state index contributed by atoms with van der Waals surface area (Å²) in [6, 6.07) is 4.37. The smallest absolute Gasteiger partial charge is 0.165 e. The summed E-state index contributed by atoms with van der Waals surface area (Å²) in [5.74, 6) is -0.572. The Balaban J connectivity index is 3.01. The van der Waals surface area contributed by atoms with Crippen molar-refractivity contribution in [2.24, 2.45) is 5.73 Å². The quantitative estimate of drug-likeness (QED) is 0.830. The van der Waals surface area contributed by atoms with E-state index < -0.39 is 5.82 Å². The number of nitrogens with two attached hydrogens (primary N) is 1. The first-order valence-corrected chi connectivity index (χ1v) is 4.63. The number of Topliss-reactive ketones (excluding diaryl/α,β-unsaturated/α-hetero) is 1. The number of carbonyl (C=O) groups is 1. The summed E-state index contributed by atoms with van der Waals surface area (Å²) < 4.78 is 13.2. The van der Waals surface area contributed by atoms with E-state index >= 15 is 0 Å². The highest BCUT2D eigenvalue weighted by Crippen LogP contribution is 2.21. The van der Waals surface area contributed by atoms with E-state index in [4.69, 9.17) is 5.73 Å². The number of carbonyl (C=O) groups excluding carboxylic acids is 1. The maximum absolute atomic E-state index is 12.9. The molecule has 0 bridgehead atoms. The van der Waals surface area contributed by atoms with Gasteiger partial charge >= 0.3 is 0 Å². The zero-order chi connectivity index (χ0) is 9.84. The largest absolute Gasteiger partial charge is 0.330 e. The standard InChI is InChI=1S/C9H9BrFNO/c10-9-6(8(13)4-5-12)2-1-3-7(9)11/h1-3H,4-5,12H2. The van der Waals surface area contributed by atoms with Gasteiger partial charge in [0.2, 0.25) is 0 Å². The third-order valence-electron chi connectivity index (χ3n) is 1.62. The van der Waals surface area contributed by atoms with Crippen molar-refractivity contribution in [1.29, 1.82) is 0 Å². The molecule has 0 saturated carbocycles. The Morgan fingerprint density at radius 2 is 2.23 bits per heavy atom. The molecule has 0 saturated heterocycles. The molecule has 4 heteroatoms. The van der Waals surface area contributed by atoms with E-state index in [1.54, 1.807) is 6.07 Å². The van der Waals surface area contributed by atoms with E-state index in [1.807, 2.05) is 0 Å². The van der Waals surface area contributed by atoms with Crippen LogP contribution in [0.4, 0.5) is 4.39 Å². The minimum absolute atomic E-state index is 0.145. The van der Waals surface area contributed by atoms with Crippen LogP contribution in [0.15, 0.2) is 22.7 Å². The SMILES string of the molecule is NCCC(=O)c1cccc(F)c1Br. The van der Waals surface area contributed by atoms with Gasteiger partial charge in [0.15, 0.2) is 5.78 Å². The second kappa shape index (κ2) is 4.48. The summed E-state index contributed by atoms with van der Waals surface area (Å²) in [6.07, 6.45) is 0.238. The van der Waals surface area contributed by atoms with E-state index in [0.29, 0.717) is 5.56 Å². The second-order valence-electron chi connectivity index (χ2n) is 2.56. The molecule has 0 unspecified atom stereocenters. The molecular formula is C9H9BrFNO.